The third-order valence-corrected chi connectivity index (χ3v) is 3.29. The minimum Gasteiger partial charge on any atom is -0.497 e. The van der Waals surface area contributed by atoms with Gasteiger partial charge in [-0.05, 0) is 17.7 Å². The van der Waals surface area contributed by atoms with Crippen molar-refractivity contribution in [2.75, 3.05) is 12.9 Å². The predicted molar refractivity (Wildman–Crippen MR) is 67.1 cm³/mol. The van der Waals surface area contributed by atoms with Gasteiger partial charge in [-0.15, -0.1) is 0 Å². The van der Waals surface area contributed by atoms with Gasteiger partial charge in [0.25, 0.3) is 5.22 Å². The van der Waals surface area contributed by atoms with Crippen LogP contribution in [0.5, 0.6) is 5.75 Å². The highest BCUT2D eigenvalue weighted by Crippen LogP contribution is 2.24. The van der Waals surface area contributed by atoms with Gasteiger partial charge in [-0.3, -0.25) is 0 Å². The molecule has 17 heavy (non-hydrogen) atoms. The van der Waals surface area contributed by atoms with Crippen LogP contribution >= 0.6 is 11.8 Å². The fourth-order valence-electron chi connectivity index (χ4n) is 1.41. The lowest BCUT2D eigenvalue weighted by atomic mass is 10.1. The standard InChI is InChI=1S/C12H14N2O2S/c1-15-10-4-2-3-9(7-10)11(13)8-17-12-14-5-6-16-12/h2-7,11H,8,13H2,1H3. The summed E-state index contributed by atoms with van der Waals surface area (Å²) in [5.41, 5.74) is 7.13. The smallest absolute Gasteiger partial charge is 0.255 e. The predicted octanol–water partition coefficient (Wildman–Crippen LogP) is 2.48. The Morgan fingerprint density at radius 1 is 1.53 bits per heavy atom. The zero-order valence-electron chi connectivity index (χ0n) is 9.50. The molecule has 1 atom stereocenters. The molecule has 1 aromatic carbocycles. The number of rotatable bonds is 5. The lowest BCUT2D eigenvalue weighted by Gasteiger charge is -2.11. The van der Waals surface area contributed by atoms with Crippen molar-refractivity contribution in [2.24, 2.45) is 5.73 Å². The van der Waals surface area contributed by atoms with Crippen molar-refractivity contribution >= 4 is 11.8 Å². The number of ether oxygens (including phenoxy) is 1. The van der Waals surface area contributed by atoms with Crippen molar-refractivity contribution in [1.29, 1.82) is 0 Å². The van der Waals surface area contributed by atoms with Crippen molar-refractivity contribution in [3.05, 3.63) is 42.3 Å². The monoisotopic (exact) mass is 250 g/mol. The maximum absolute atomic E-state index is 6.09. The van der Waals surface area contributed by atoms with E-state index in [0.29, 0.717) is 11.0 Å². The first-order valence-electron chi connectivity index (χ1n) is 5.21. The van der Waals surface area contributed by atoms with Gasteiger partial charge in [-0.2, -0.15) is 0 Å². The average molecular weight is 250 g/mol. The van der Waals surface area contributed by atoms with Crippen LogP contribution in [0.2, 0.25) is 0 Å². The highest BCUT2D eigenvalue weighted by Gasteiger charge is 2.09. The first kappa shape index (κ1) is 12.0. The Labute approximate surface area is 104 Å². The van der Waals surface area contributed by atoms with E-state index < -0.39 is 0 Å². The Kier molecular flexibility index (Phi) is 4.06. The molecule has 2 aromatic rings. The van der Waals surface area contributed by atoms with Gasteiger partial charge < -0.3 is 14.9 Å². The first-order chi connectivity index (χ1) is 8.29. The Hall–Kier alpha value is -1.46. The number of methoxy groups -OCH3 is 1. The summed E-state index contributed by atoms with van der Waals surface area (Å²) in [4.78, 5) is 4.03. The number of oxazole rings is 1. The fourth-order valence-corrected chi connectivity index (χ4v) is 2.18. The van der Waals surface area contributed by atoms with Crippen LogP contribution in [-0.2, 0) is 0 Å². The second-order valence-electron chi connectivity index (χ2n) is 3.49. The highest BCUT2D eigenvalue weighted by molar-refractivity contribution is 7.99. The topological polar surface area (TPSA) is 61.3 Å². The molecule has 1 heterocycles. The Bertz CT molecular complexity index is 459. The summed E-state index contributed by atoms with van der Waals surface area (Å²) in [5.74, 6) is 1.53. The second-order valence-corrected chi connectivity index (χ2v) is 4.46. The molecule has 0 saturated carbocycles. The van der Waals surface area contributed by atoms with Gasteiger partial charge in [0.05, 0.1) is 13.3 Å². The summed E-state index contributed by atoms with van der Waals surface area (Å²) >= 11 is 1.50. The number of nitrogens with zero attached hydrogens (tertiary/aromatic N) is 1. The van der Waals surface area contributed by atoms with E-state index in [1.165, 1.54) is 11.8 Å². The van der Waals surface area contributed by atoms with Crippen molar-refractivity contribution in [3.8, 4) is 5.75 Å². The van der Waals surface area contributed by atoms with Gasteiger partial charge in [0, 0.05) is 11.8 Å². The van der Waals surface area contributed by atoms with E-state index in [1.807, 2.05) is 24.3 Å². The lowest BCUT2D eigenvalue weighted by Crippen LogP contribution is -2.12. The van der Waals surface area contributed by atoms with Crippen molar-refractivity contribution in [3.63, 3.8) is 0 Å². The summed E-state index contributed by atoms with van der Waals surface area (Å²) in [7, 11) is 1.64. The highest BCUT2D eigenvalue weighted by atomic mass is 32.2. The molecule has 0 bridgehead atoms. The third kappa shape index (κ3) is 3.25. The number of thioether (sulfide) groups is 1. The average Bonchev–Trinajstić information content (AvgIpc) is 2.89. The summed E-state index contributed by atoms with van der Waals surface area (Å²) < 4.78 is 10.3. The number of hydrogen-bond donors (Lipinski definition) is 1. The molecule has 0 spiro atoms. The Balaban J connectivity index is 1.96. The molecular formula is C12H14N2O2S. The van der Waals surface area contributed by atoms with Gasteiger partial charge in [-0.1, -0.05) is 23.9 Å². The van der Waals surface area contributed by atoms with Crippen LogP contribution in [0.3, 0.4) is 0 Å². The lowest BCUT2D eigenvalue weighted by molar-refractivity contribution is 0.414. The van der Waals surface area contributed by atoms with E-state index in [1.54, 1.807) is 19.6 Å². The summed E-state index contributed by atoms with van der Waals surface area (Å²) in [6.45, 7) is 0. The van der Waals surface area contributed by atoms with Gasteiger partial charge in [0.2, 0.25) is 0 Å². The molecule has 0 fully saturated rings. The SMILES string of the molecule is COc1cccc(C(N)CSc2ncco2)c1. The minimum absolute atomic E-state index is 0.0676. The van der Waals surface area contributed by atoms with Crippen LogP contribution in [0.15, 0.2) is 46.4 Å². The van der Waals surface area contributed by atoms with Crippen molar-refractivity contribution in [1.82, 2.24) is 4.98 Å². The summed E-state index contributed by atoms with van der Waals surface area (Å²) in [6.07, 6.45) is 3.18. The van der Waals surface area contributed by atoms with Crippen molar-refractivity contribution < 1.29 is 9.15 Å². The molecule has 90 valence electrons. The maximum atomic E-state index is 6.09. The number of nitrogens with two attached hydrogens (primary N) is 1. The van der Waals surface area contributed by atoms with Crippen molar-refractivity contribution in [2.45, 2.75) is 11.3 Å². The van der Waals surface area contributed by atoms with Crippen LogP contribution in [-0.4, -0.2) is 17.8 Å². The third-order valence-electron chi connectivity index (χ3n) is 2.32. The van der Waals surface area contributed by atoms with Crippen LogP contribution in [0, 0.1) is 0 Å². The van der Waals surface area contributed by atoms with E-state index >= 15 is 0 Å². The quantitative estimate of drug-likeness (QED) is 0.826. The molecule has 0 aliphatic rings. The Morgan fingerprint density at radius 2 is 2.41 bits per heavy atom. The molecule has 1 aromatic heterocycles. The fraction of sp³-hybridized carbons (Fsp3) is 0.250. The van der Waals surface area contributed by atoms with Gasteiger partial charge in [0.1, 0.15) is 12.0 Å². The zero-order valence-corrected chi connectivity index (χ0v) is 10.3. The zero-order chi connectivity index (χ0) is 12.1. The molecule has 0 saturated heterocycles. The van der Waals surface area contributed by atoms with E-state index in [0.717, 1.165) is 11.3 Å². The minimum atomic E-state index is -0.0676. The van der Waals surface area contributed by atoms with Crippen LogP contribution in [0.1, 0.15) is 11.6 Å². The first-order valence-corrected chi connectivity index (χ1v) is 6.20. The molecule has 5 heteroatoms. The summed E-state index contributed by atoms with van der Waals surface area (Å²) in [5, 5.41) is 0.642. The van der Waals surface area contributed by atoms with Gasteiger partial charge in [-0.25, -0.2) is 4.98 Å². The molecule has 2 N–H and O–H groups in total. The van der Waals surface area contributed by atoms with Gasteiger partial charge in [0.15, 0.2) is 0 Å². The Morgan fingerprint density at radius 3 is 3.12 bits per heavy atom. The summed E-state index contributed by atoms with van der Waals surface area (Å²) in [6, 6.07) is 7.70. The van der Waals surface area contributed by atoms with E-state index in [-0.39, 0.29) is 6.04 Å². The molecular weight excluding hydrogens is 236 g/mol. The maximum Gasteiger partial charge on any atom is 0.255 e. The van der Waals surface area contributed by atoms with Crippen LogP contribution < -0.4 is 10.5 Å². The molecule has 2 rings (SSSR count). The number of aromatic nitrogens is 1. The molecule has 0 aliphatic heterocycles. The van der Waals surface area contributed by atoms with Crippen LogP contribution in [0.4, 0.5) is 0 Å². The molecule has 0 aliphatic carbocycles. The van der Waals surface area contributed by atoms with E-state index in [2.05, 4.69) is 4.98 Å². The number of benzene rings is 1. The number of hydrogen-bond acceptors (Lipinski definition) is 5. The molecule has 1 unspecified atom stereocenters. The molecule has 0 radical (unpaired) electrons. The van der Waals surface area contributed by atoms with E-state index in [4.69, 9.17) is 14.9 Å². The molecule has 4 nitrogen and oxygen atoms in total. The van der Waals surface area contributed by atoms with Gasteiger partial charge >= 0.3 is 0 Å². The normalized spacial score (nSPS) is 12.4. The van der Waals surface area contributed by atoms with E-state index in [9.17, 15) is 0 Å². The van der Waals surface area contributed by atoms with Crippen LogP contribution in [0.25, 0.3) is 0 Å². The second kappa shape index (κ2) is 5.75. The molecule has 0 amide bonds. The largest absolute Gasteiger partial charge is 0.497 e.